The maximum absolute atomic E-state index is 14.6. The van der Waals surface area contributed by atoms with Gasteiger partial charge in [-0.05, 0) is 70.3 Å². The lowest BCUT2D eigenvalue weighted by molar-refractivity contribution is -0.137. The number of aliphatic imine (C=N–C) groups is 1. The molecule has 2 saturated heterocycles. The zero-order chi connectivity index (χ0) is 29.1. The number of nitrogens with one attached hydrogen (secondary N) is 2. The third-order valence-corrected chi connectivity index (χ3v) is 9.24. The molecule has 41 heavy (non-hydrogen) atoms. The number of carboxylic acid groups (broad SMARTS) is 1. The standard InChI is InChI=1S/C30H42FN7O2S/c1-5-22-13-23(15-24(31)14-22)29-25(18-37-9-6-7-19(37)2)41-30(35-29)34-26-16-27(33-21(4)32-26)38-12-11-36(20(3)17-38)10-8-28(39)40/h13-16,19-21,32H,5-12,17-18H2,1-4H3,(H,34,35)(H,39,40)/t19-,20-,21?/m1/s1. The predicted octanol–water partition coefficient (Wildman–Crippen LogP) is 4.58. The summed E-state index contributed by atoms with van der Waals surface area (Å²) in [5.74, 6) is 0.745. The zero-order valence-corrected chi connectivity index (χ0v) is 25.3. The molecule has 0 amide bonds. The van der Waals surface area contributed by atoms with E-state index in [0.29, 0.717) is 12.6 Å². The molecule has 222 valence electrons. The molecule has 5 rings (SSSR count). The fourth-order valence-electron chi connectivity index (χ4n) is 5.94. The normalized spacial score (nSPS) is 23.7. The number of carbonyl (C=O) groups is 1. The van der Waals surface area contributed by atoms with Gasteiger partial charge in [0.15, 0.2) is 5.13 Å². The van der Waals surface area contributed by atoms with E-state index in [0.717, 1.165) is 77.6 Å². The first-order chi connectivity index (χ1) is 19.7. The summed E-state index contributed by atoms with van der Waals surface area (Å²) < 4.78 is 14.6. The second kappa shape index (κ2) is 12.9. The quantitative estimate of drug-likeness (QED) is 0.395. The van der Waals surface area contributed by atoms with Crippen molar-refractivity contribution in [1.29, 1.82) is 0 Å². The van der Waals surface area contributed by atoms with Gasteiger partial charge in [0.1, 0.15) is 23.6 Å². The van der Waals surface area contributed by atoms with Gasteiger partial charge in [0, 0.05) is 61.3 Å². The maximum Gasteiger partial charge on any atom is 0.304 e. The third-order valence-electron chi connectivity index (χ3n) is 8.28. The smallest absolute Gasteiger partial charge is 0.304 e. The topological polar surface area (TPSA) is 96.3 Å². The summed E-state index contributed by atoms with van der Waals surface area (Å²) >= 11 is 1.63. The van der Waals surface area contributed by atoms with Crippen LogP contribution in [0.15, 0.2) is 35.1 Å². The molecule has 1 unspecified atom stereocenters. The summed E-state index contributed by atoms with van der Waals surface area (Å²) in [4.78, 5) is 29.0. The van der Waals surface area contributed by atoms with Crippen molar-refractivity contribution < 1.29 is 14.3 Å². The number of nitrogens with zero attached hydrogens (tertiary/aromatic N) is 5. The molecule has 2 fully saturated rings. The van der Waals surface area contributed by atoms with E-state index in [4.69, 9.17) is 15.1 Å². The number of anilines is 1. The highest BCUT2D eigenvalue weighted by Crippen LogP contribution is 2.35. The molecule has 0 radical (unpaired) electrons. The zero-order valence-electron chi connectivity index (χ0n) is 24.5. The number of hydrogen-bond acceptors (Lipinski definition) is 9. The van der Waals surface area contributed by atoms with Gasteiger partial charge in [0.2, 0.25) is 0 Å². The lowest BCUT2D eigenvalue weighted by atomic mass is 10.1. The molecule has 3 N–H and O–H groups in total. The second-order valence-electron chi connectivity index (χ2n) is 11.4. The van der Waals surface area contributed by atoms with Crippen molar-refractivity contribution in [3.05, 3.63) is 46.4 Å². The number of rotatable bonds is 9. The Bertz CT molecular complexity index is 1310. The number of aryl methyl sites for hydroxylation is 1. The molecule has 3 aliphatic rings. The Labute approximate surface area is 246 Å². The Morgan fingerprint density at radius 3 is 2.71 bits per heavy atom. The molecule has 9 nitrogen and oxygen atoms in total. The summed E-state index contributed by atoms with van der Waals surface area (Å²) in [6.07, 6.45) is 5.23. The van der Waals surface area contributed by atoms with Gasteiger partial charge in [-0.15, -0.1) is 0 Å². The van der Waals surface area contributed by atoms with Gasteiger partial charge in [-0.2, -0.15) is 0 Å². The van der Waals surface area contributed by atoms with Crippen molar-refractivity contribution >= 4 is 28.3 Å². The van der Waals surface area contributed by atoms with E-state index in [1.165, 1.54) is 12.8 Å². The predicted molar refractivity (Wildman–Crippen MR) is 163 cm³/mol. The molecule has 1 aromatic heterocycles. The lowest BCUT2D eigenvalue weighted by Gasteiger charge is -2.41. The van der Waals surface area contributed by atoms with Crippen molar-refractivity contribution in [3.63, 3.8) is 0 Å². The Morgan fingerprint density at radius 2 is 2.00 bits per heavy atom. The van der Waals surface area contributed by atoms with Crippen LogP contribution in [0.3, 0.4) is 0 Å². The van der Waals surface area contributed by atoms with E-state index < -0.39 is 5.97 Å². The first kappa shape index (κ1) is 29.5. The first-order valence-corrected chi connectivity index (χ1v) is 15.6. The third kappa shape index (κ3) is 7.25. The molecular formula is C30H42FN7O2S. The van der Waals surface area contributed by atoms with Crippen molar-refractivity contribution in [2.24, 2.45) is 4.99 Å². The summed E-state index contributed by atoms with van der Waals surface area (Å²) in [7, 11) is 0. The molecular weight excluding hydrogens is 541 g/mol. The van der Waals surface area contributed by atoms with E-state index in [-0.39, 0.29) is 24.4 Å². The highest BCUT2D eigenvalue weighted by molar-refractivity contribution is 7.16. The number of hydrogen-bond donors (Lipinski definition) is 3. The lowest BCUT2D eigenvalue weighted by Crippen LogP contribution is -2.54. The average Bonchev–Trinajstić information content (AvgIpc) is 3.52. The second-order valence-corrected chi connectivity index (χ2v) is 12.5. The largest absolute Gasteiger partial charge is 0.481 e. The Morgan fingerprint density at radius 1 is 1.17 bits per heavy atom. The van der Waals surface area contributed by atoms with Crippen molar-refractivity contribution in [3.8, 4) is 11.3 Å². The number of piperazine rings is 1. The maximum atomic E-state index is 14.6. The number of carboxylic acids is 1. The fraction of sp³-hybridized carbons (Fsp3) is 0.567. The van der Waals surface area contributed by atoms with E-state index in [2.05, 4.69) is 45.2 Å². The Balaban J connectivity index is 1.36. The molecule has 1 aromatic carbocycles. The van der Waals surface area contributed by atoms with Gasteiger partial charge >= 0.3 is 5.97 Å². The fourth-order valence-corrected chi connectivity index (χ4v) is 6.96. The van der Waals surface area contributed by atoms with Crippen LogP contribution in [-0.2, 0) is 17.8 Å². The molecule has 3 atom stereocenters. The Hall–Kier alpha value is -3.02. The SMILES string of the molecule is CCc1cc(F)cc(-c2nc(NC3=CC(N4CCN(CCC(=O)O)[C@H](C)C4)=NC(C)N3)sc2CN2CCC[C@H]2C)c1. The summed E-state index contributed by atoms with van der Waals surface area (Å²) in [6.45, 7) is 13.3. The molecule has 0 saturated carbocycles. The number of halogens is 1. The molecule has 0 bridgehead atoms. The molecule has 0 aliphatic carbocycles. The summed E-state index contributed by atoms with van der Waals surface area (Å²) in [6, 6.07) is 6.01. The van der Waals surface area contributed by atoms with Gasteiger partial charge in [-0.25, -0.2) is 14.4 Å². The minimum Gasteiger partial charge on any atom is -0.481 e. The molecule has 4 heterocycles. The highest BCUT2D eigenvalue weighted by atomic mass is 32.1. The van der Waals surface area contributed by atoms with Crippen LogP contribution in [0.5, 0.6) is 0 Å². The highest BCUT2D eigenvalue weighted by Gasteiger charge is 2.28. The average molecular weight is 584 g/mol. The van der Waals surface area contributed by atoms with Crippen LogP contribution < -0.4 is 10.6 Å². The van der Waals surface area contributed by atoms with Crippen molar-refractivity contribution in [2.45, 2.75) is 78.2 Å². The van der Waals surface area contributed by atoms with Crippen LogP contribution in [0.25, 0.3) is 11.3 Å². The Kier molecular flexibility index (Phi) is 9.25. The summed E-state index contributed by atoms with van der Waals surface area (Å²) in [5, 5.41) is 16.8. The number of likely N-dealkylation sites (tertiary alicyclic amines) is 1. The number of aliphatic carboxylic acids is 1. The minimum atomic E-state index is -0.763. The van der Waals surface area contributed by atoms with Gasteiger partial charge in [0.25, 0.3) is 0 Å². The molecule has 0 spiro atoms. The number of aromatic nitrogens is 1. The van der Waals surface area contributed by atoms with Crippen LogP contribution in [0, 0.1) is 5.82 Å². The molecule has 11 heteroatoms. The minimum absolute atomic E-state index is 0.113. The number of thiazole rings is 1. The molecule has 2 aromatic rings. The van der Waals surface area contributed by atoms with Gasteiger partial charge < -0.3 is 20.6 Å². The van der Waals surface area contributed by atoms with E-state index >= 15 is 0 Å². The van der Waals surface area contributed by atoms with Crippen LogP contribution in [0.1, 0.15) is 57.4 Å². The summed E-state index contributed by atoms with van der Waals surface area (Å²) in [5.41, 5.74) is 2.63. The van der Waals surface area contributed by atoms with E-state index in [9.17, 15) is 9.18 Å². The molecule has 3 aliphatic heterocycles. The van der Waals surface area contributed by atoms with Crippen LogP contribution in [0.4, 0.5) is 9.52 Å². The first-order valence-electron chi connectivity index (χ1n) is 14.8. The van der Waals surface area contributed by atoms with E-state index in [1.807, 2.05) is 19.9 Å². The van der Waals surface area contributed by atoms with Gasteiger partial charge in [-0.1, -0.05) is 18.3 Å². The van der Waals surface area contributed by atoms with Crippen LogP contribution >= 0.6 is 11.3 Å². The van der Waals surface area contributed by atoms with Crippen LogP contribution in [-0.4, -0.2) is 87.6 Å². The van der Waals surface area contributed by atoms with Crippen molar-refractivity contribution in [1.82, 2.24) is 25.0 Å². The van der Waals surface area contributed by atoms with Gasteiger partial charge in [-0.3, -0.25) is 14.6 Å². The van der Waals surface area contributed by atoms with Crippen LogP contribution in [0.2, 0.25) is 0 Å². The number of benzene rings is 1. The van der Waals surface area contributed by atoms with Crippen molar-refractivity contribution in [2.75, 3.05) is 38.0 Å². The van der Waals surface area contributed by atoms with E-state index in [1.54, 1.807) is 23.5 Å². The monoisotopic (exact) mass is 583 g/mol. The van der Waals surface area contributed by atoms with Gasteiger partial charge in [0.05, 0.1) is 12.1 Å². The number of amidine groups is 1.